The number of hydrogen-bond donors (Lipinski definition) is 1. The van der Waals surface area contributed by atoms with Crippen molar-refractivity contribution in [3.8, 4) is 0 Å². The van der Waals surface area contributed by atoms with Crippen molar-refractivity contribution in [3.05, 3.63) is 73.4 Å². The Hall–Kier alpha value is -2.03. The van der Waals surface area contributed by atoms with Crippen LogP contribution in [0.25, 0.3) is 0 Å². The van der Waals surface area contributed by atoms with Crippen LogP contribution in [-0.2, 0) is 18.3 Å². The van der Waals surface area contributed by atoms with Gasteiger partial charge in [0.05, 0.1) is 17.1 Å². The summed E-state index contributed by atoms with van der Waals surface area (Å²) >= 11 is 10.4. The minimum Gasteiger partial charge on any atom is -0.324 e. The number of halogens is 4. The van der Waals surface area contributed by atoms with Gasteiger partial charge in [0.2, 0.25) is 5.91 Å². The van der Waals surface area contributed by atoms with Crippen molar-refractivity contribution in [1.82, 2.24) is 4.57 Å². The molecule has 1 N–H and O–H groups in total. The van der Waals surface area contributed by atoms with Crippen molar-refractivity contribution in [2.45, 2.75) is 6.42 Å². The molecule has 140 valence electrons. The van der Waals surface area contributed by atoms with Crippen molar-refractivity contribution < 1.29 is 13.6 Å². The molecule has 1 heterocycles. The third-order valence-electron chi connectivity index (χ3n) is 3.69. The van der Waals surface area contributed by atoms with Crippen LogP contribution < -0.4 is 10.1 Å². The molecule has 3 rings (SSSR count). The van der Waals surface area contributed by atoms with Gasteiger partial charge in [-0.25, -0.2) is 13.8 Å². The molecule has 4 nitrogen and oxygen atoms in total. The standard InChI is InChI=1S/C18H13BrClF2N3OS/c1-25-12(8-17(26)23-15-5-3-11(21)7-13(15)20)9-27-18(25)24-16-4-2-10(19)6-14(16)22/h2-7,9H,8H2,1H3,(H,23,26). The van der Waals surface area contributed by atoms with Crippen molar-refractivity contribution in [3.63, 3.8) is 0 Å². The Bertz CT molecular complexity index is 1080. The quantitative estimate of drug-likeness (QED) is 0.558. The van der Waals surface area contributed by atoms with Gasteiger partial charge in [-0.2, -0.15) is 0 Å². The van der Waals surface area contributed by atoms with Crippen molar-refractivity contribution >= 4 is 56.1 Å². The summed E-state index contributed by atoms with van der Waals surface area (Å²) in [6.07, 6.45) is 0.0685. The maximum atomic E-state index is 14.0. The Morgan fingerprint density at radius 1 is 1.30 bits per heavy atom. The molecular weight excluding hydrogens is 460 g/mol. The van der Waals surface area contributed by atoms with Crippen LogP contribution in [0.15, 0.2) is 51.2 Å². The molecule has 0 spiro atoms. The fraction of sp³-hybridized carbons (Fsp3) is 0.111. The number of anilines is 1. The number of rotatable bonds is 4. The number of benzene rings is 2. The minimum absolute atomic E-state index is 0.0685. The van der Waals surface area contributed by atoms with E-state index in [9.17, 15) is 13.6 Å². The van der Waals surface area contributed by atoms with Gasteiger partial charge in [0.1, 0.15) is 17.3 Å². The highest BCUT2D eigenvalue weighted by atomic mass is 79.9. The zero-order valence-corrected chi connectivity index (χ0v) is 17.1. The summed E-state index contributed by atoms with van der Waals surface area (Å²) in [6.45, 7) is 0. The first-order valence-corrected chi connectivity index (χ1v) is 9.76. The maximum Gasteiger partial charge on any atom is 0.230 e. The van der Waals surface area contributed by atoms with E-state index in [1.54, 1.807) is 29.1 Å². The number of aromatic nitrogens is 1. The van der Waals surface area contributed by atoms with Gasteiger partial charge >= 0.3 is 0 Å². The van der Waals surface area contributed by atoms with Crippen LogP contribution in [0.2, 0.25) is 5.02 Å². The molecule has 0 radical (unpaired) electrons. The van der Waals surface area contributed by atoms with Crippen molar-refractivity contribution in [2.24, 2.45) is 12.0 Å². The Balaban J connectivity index is 1.79. The molecule has 9 heteroatoms. The van der Waals surface area contributed by atoms with Gasteiger partial charge in [0.15, 0.2) is 4.80 Å². The van der Waals surface area contributed by atoms with Gasteiger partial charge in [-0.05, 0) is 36.4 Å². The second-order valence-corrected chi connectivity index (χ2v) is 7.78. The summed E-state index contributed by atoms with van der Waals surface area (Å²) in [5, 5.41) is 4.55. The zero-order valence-electron chi connectivity index (χ0n) is 14.0. The van der Waals surface area contributed by atoms with E-state index in [0.717, 1.165) is 6.07 Å². The van der Waals surface area contributed by atoms with Crippen molar-refractivity contribution in [2.75, 3.05) is 5.32 Å². The van der Waals surface area contributed by atoms with Gasteiger partial charge in [0, 0.05) is 22.6 Å². The Kier molecular flexibility index (Phi) is 6.08. The molecule has 0 fully saturated rings. The molecule has 0 saturated heterocycles. The lowest BCUT2D eigenvalue weighted by molar-refractivity contribution is -0.115. The lowest BCUT2D eigenvalue weighted by Crippen LogP contribution is -2.19. The Morgan fingerprint density at radius 2 is 2.07 bits per heavy atom. The van der Waals surface area contributed by atoms with Crippen LogP contribution >= 0.6 is 38.9 Å². The van der Waals surface area contributed by atoms with Crippen LogP contribution in [-0.4, -0.2) is 10.5 Å². The van der Waals surface area contributed by atoms with E-state index in [-0.39, 0.29) is 23.0 Å². The average Bonchev–Trinajstić information content (AvgIpc) is 2.93. The molecule has 0 aliphatic carbocycles. The first-order chi connectivity index (χ1) is 12.8. The molecule has 2 aromatic carbocycles. The van der Waals surface area contributed by atoms with E-state index in [0.29, 0.717) is 20.7 Å². The molecule has 0 unspecified atom stereocenters. The molecule has 0 atom stereocenters. The fourth-order valence-corrected chi connectivity index (χ4v) is 3.74. The molecule has 1 amide bonds. The lowest BCUT2D eigenvalue weighted by atomic mass is 10.2. The van der Waals surface area contributed by atoms with E-state index in [4.69, 9.17) is 11.6 Å². The van der Waals surface area contributed by atoms with Crippen LogP contribution in [0.1, 0.15) is 5.69 Å². The molecule has 0 bridgehead atoms. The highest BCUT2D eigenvalue weighted by Gasteiger charge is 2.11. The van der Waals surface area contributed by atoms with Gasteiger partial charge in [-0.1, -0.05) is 27.5 Å². The molecular formula is C18H13BrClF2N3OS. The smallest absolute Gasteiger partial charge is 0.230 e. The second kappa shape index (κ2) is 8.33. The molecule has 0 aliphatic rings. The van der Waals surface area contributed by atoms with Gasteiger partial charge in [-0.3, -0.25) is 4.79 Å². The second-order valence-electron chi connectivity index (χ2n) is 5.63. The summed E-state index contributed by atoms with van der Waals surface area (Å²) in [6, 6.07) is 8.37. The molecule has 0 aliphatic heterocycles. The average molecular weight is 473 g/mol. The topological polar surface area (TPSA) is 46.4 Å². The van der Waals surface area contributed by atoms with Gasteiger partial charge in [-0.15, -0.1) is 11.3 Å². The minimum atomic E-state index is -0.478. The molecule has 3 aromatic rings. The third kappa shape index (κ3) is 4.82. The summed E-state index contributed by atoms with van der Waals surface area (Å²) in [5.41, 5.74) is 1.25. The summed E-state index contributed by atoms with van der Waals surface area (Å²) in [4.78, 5) is 17.1. The van der Waals surface area contributed by atoms with E-state index in [2.05, 4.69) is 26.2 Å². The largest absolute Gasteiger partial charge is 0.324 e. The number of hydrogen-bond acceptors (Lipinski definition) is 3. The molecule has 27 heavy (non-hydrogen) atoms. The first-order valence-electron chi connectivity index (χ1n) is 7.71. The predicted molar refractivity (Wildman–Crippen MR) is 106 cm³/mol. The number of amides is 1. The Morgan fingerprint density at radius 3 is 2.78 bits per heavy atom. The summed E-state index contributed by atoms with van der Waals surface area (Å²) in [7, 11) is 1.75. The maximum absolute atomic E-state index is 14.0. The lowest BCUT2D eigenvalue weighted by Gasteiger charge is -2.07. The Labute approximate surface area is 171 Å². The zero-order chi connectivity index (χ0) is 19.6. The highest BCUT2D eigenvalue weighted by molar-refractivity contribution is 9.10. The number of nitrogens with one attached hydrogen (secondary N) is 1. The predicted octanol–water partition coefficient (Wildman–Crippen LogP) is 5.19. The van der Waals surface area contributed by atoms with E-state index < -0.39 is 11.6 Å². The van der Waals surface area contributed by atoms with Gasteiger partial charge in [0.25, 0.3) is 0 Å². The number of carbonyl (C=O) groups is 1. The van der Waals surface area contributed by atoms with Crippen LogP contribution in [0.4, 0.5) is 20.2 Å². The summed E-state index contributed by atoms with van der Waals surface area (Å²) in [5.74, 6) is -1.23. The number of thiazole rings is 1. The molecule has 0 saturated carbocycles. The number of carbonyl (C=O) groups excluding carboxylic acids is 1. The SMILES string of the molecule is Cn1c(CC(=O)Nc2ccc(F)cc2Cl)csc1=Nc1ccc(Br)cc1F. The van der Waals surface area contributed by atoms with Crippen LogP contribution in [0.5, 0.6) is 0 Å². The van der Waals surface area contributed by atoms with Crippen molar-refractivity contribution in [1.29, 1.82) is 0 Å². The highest BCUT2D eigenvalue weighted by Crippen LogP contribution is 2.23. The fourth-order valence-electron chi connectivity index (χ4n) is 2.29. The van der Waals surface area contributed by atoms with E-state index >= 15 is 0 Å². The first kappa shape index (κ1) is 19.7. The normalized spacial score (nSPS) is 11.7. The van der Waals surface area contributed by atoms with Gasteiger partial charge < -0.3 is 9.88 Å². The summed E-state index contributed by atoms with van der Waals surface area (Å²) < 4.78 is 29.4. The number of nitrogens with zero attached hydrogens (tertiary/aromatic N) is 2. The van der Waals surface area contributed by atoms with E-state index in [1.165, 1.54) is 29.5 Å². The monoisotopic (exact) mass is 471 g/mol. The van der Waals surface area contributed by atoms with E-state index in [1.807, 2.05) is 0 Å². The third-order valence-corrected chi connectivity index (χ3v) is 5.46. The van der Waals surface area contributed by atoms with Crippen LogP contribution in [0, 0.1) is 11.6 Å². The van der Waals surface area contributed by atoms with Crippen LogP contribution in [0.3, 0.4) is 0 Å². The molecule has 1 aromatic heterocycles.